The summed E-state index contributed by atoms with van der Waals surface area (Å²) in [6.45, 7) is 3.32. The van der Waals surface area contributed by atoms with Crippen molar-refractivity contribution >= 4 is 0 Å². The number of aliphatic hydroxyl groups is 2. The maximum atomic E-state index is 13.5. The first-order valence-electron chi connectivity index (χ1n) is 7.61. The third kappa shape index (κ3) is 4.65. The molecule has 1 atom stereocenters. The molecule has 7 heteroatoms. The Morgan fingerprint density at radius 1 is 1.22 bits per heavy atom. The van der Waals surface area contributed by atoms with Crippen LogP contribution in [-0.2, 0) is 11.8 Å². The largest absolute Gasteiger partial charge is 0.416 e. The summed E-state index contributed by atoms with van der Waals surface area (Å²) >= 11 is 0. The number of hydrogen-bond acceptors (Lipinski definition) is 3. The van der Waals surface area contributed by atoms with Crippen LogP contribution >= 0.6 is 0 Å². The second-order valence-corrected chi connectivity index (χ2v) is 6.24. The Morgan fingerprint density at radius 3 is 2.35 bits per heavy atom. The number of benzene rings is 1. The number of likely N-dealkylation sites (tertiary alicyclic amines) is 1. The standard InChI is InChI=1S/C16H21F4NO2/c1-11(22)2-5-21-6-3-15(23,4-7-21)12-8-13(16(18,19)20)10-14(17)9-12/h8-11,22-23H,2-7H2,1H3. The molecule has 1 aromatic carbocycles. The van der Waals surface area contributed by atoms with Crippen LogP contribution in [0.2, 0.25) is 0 Å². The summed E-state index contributed by atoms with van der Waals surface area (Å²) in [7, 11) is 0. The number of aliphatic hydroxyl groups excluding tert-OH is 1. The van der Waals surface area contributed by atoms with Crippen molar-refractivity contribution in [3.63, 3.8) is 0 Å². The summed E-state index contributed by atoms with van der Waals surface area (Å²) in [5.41, 5.74) is -2.57. The van der Waals surface area contributed by atoms with E-state index >= 15 is 0 Å². The quantitative estimate of drug-likeness (QED) is 0.832. The molecule has 2 N–H and O–H groups in total. The van der Waals surface area contributed by atoms with E-state index in [1.54, 1.807) is 6.92 Å². The Morgan fingerprint density at radius 2 is 1.83 bits per heavy atom. The van der Waals surface area contributed by atoms with Gasteiger partial charge in [-0.15, -0.1) is 0 Å². The van der Waals surface area contributed by atoms with E-state index in [2.05, 4.69) is 0 Å². The molecule has 0 saturated carbocycles. The molecule has 0 spiro atoms. The van der Waals surface area contributed by atoms with Gasteiger partial charge in [0.25, 0.3) is 0 Å². The van der Waals surface area contributed by atoms with Gasteiger partial charge in [-0.3, -0.25) is 0 Å². The first kappa shape index (κ1) is 18.2. The lowest BCUT2D eigenvalue weighted by atomic mass is 9.83. The Bertz CT molecular complexity index is 537. The minimum atomic E-state index is -4.65. The van der Waals surface area contributed by atoms with E-state index in [0.717, 1.165) is 12.1 Å². The normalized spacial score (nSPS) is 20.5. The van der Waals surface area contributed by atoms with Crippen LogP contribution in [0.15, 0.2) is 18.2 Å². The van der Waals surface area contributed by atoms with Gasteiger partial charge in [0.15, 0.2) is 0 Å². The summed E-state index contributed by atoms with van der Waals surface area (Å²) in [6.07, 6.45) is -4.02. The minimum Gasteiger partial charge on any atom is -0.393 e. The van der Waals surface area contributed by atoms with E-state index in [1.807, 2.05) is 4.90 Å². The molecule has 23 heavy (non-hydrogen) atoms. The highest BCUT2D eigenvalue weighted by Gasteiger charge is 2.37. The Kier molecular flexibility index (Phi) is 5.33. The molecule has 130 valence electrons. The first-order chi connectivity index (χ1) is 10.6. The molecule has 1 fully saturated rings. The predicted octanol–water partition coefficient (Wildman–Crippen LogP) is 2.90. The highest BCUT2D eigenvalue weighted by atomic mass is 19.4. The smallest absolute Gasteiger partial charge is 0.393 e. The number of hydrogen-bond donors (Lipinski definition) is 2. The molecule has 1 aliphatic rings. The van der Waals surface area contributed by atoms with Gasteiger partial charge in [0.05, 0.1) is 17.3 Å². The van der Waals surface area contributed by atoms with Crippen LogP contribution in [0.4, 0.5) is 17.6 Å². The van der Waals surface area contributed by atoms with E-state index in [1.165, 1.54) is 0 Å². The molecule has 0 bridgehead atoms. The van der Waals surface area contributed by atoms with Gasteiger partial charge in [-0.2, -0.15) is 13.2 Å². The van der Waals surface area contributed by atoms with Gasteiger partial charge >= 0.3 is 6.18 Å². The number of rotatable bonds is 4. The molecule has 1 aliphatic heterocycles. The SMILES string of the molecule is CC(O)CCN1CCC(O)(c2cc(F)cc(C(F)(F)F)c2)CC1. The second kappa shape index (κ2) is 6.75. The second-order valence-electron chi connectivity index (χ2n) is 6.24. The highest BCUT2D eigenvalue weighted by Crippen LogP contribution is 2.37. The van der Waals surface area contributed by atoms with Crippen LogP contribution in [0.1, 0.15) is 37.3 Å². The van der Waals surface area contributed by atoms with Crippen molar-refractivity contribution in [2.24, 2.45) is 0 Å². The van der Waals surface area contributed by atoms with Gasteiger partial charge in [0.2, 0.25) is 0 Å². The fraction of sp³-hybridized carbons (Fsp3) is 0.625. The molecule has 0 amide bonds. The number of nitrogens with zero attached hydrogens (tertiary/aromatic N) is 1. The lowest BCUT2D eigenvalue weighted by Gasteiger charge is -2.39. The average Bonchev–Trinajstić information content (AvgIpc) is 2.45. The summed E-state index contributed by atoms with van der Waals surface area (Å²) in [5.74, 6) is -1.00. The van der Waals surface area contributed by atoms with Gasteiger partial charge in [-0.25, -0.2) is 4.39 Å². The molecule has 1 aromatic rings. The third-order valence-corrected chi connectivity index (χ3v) is 4.31. The zero-order chi connectivity index (χ0) is 17.3. The maximum absolute atomic E-state index is 13.5. The van der Waals surface area contributed by atoms with Crippen LogP contribution in [0.25, 0.3) is 0 Å². The molecule has 1 heterocycles. The van der Waals surface area contributed by atoms with Gasteiger partial charge in [-0.05, 0) is 49.9 Å². The maximum Gasteiger partial charge on any atom is 0.416 e. The van der Waals surface area contributed by atoms with Crippen molar-refractivity contribution < 1.29 is 27.8 Å². The molecule has 0 aliphatic carbocycles. The first-order valence-corrected chi connectivity index (χ1v) is 7.61. The third-order valence-electron chi connectivity index (χ3n) is 4.31. The number of halogens is 4. The molecule has 1 saturated heterocycles. The minimum absolute atomic E-state index is 0.0278. The van der Waals surface area contributed by atoms with E-state index in [-0.39, 0.29) is 18.4 Å². The van der Waals surface area contributed by atoms with E-state index in [9.17, 15) is 27.8 Å². The molecule has 3 nitrogen and oxygen atoms in total. The molecule has 0 aromatic heterocycles. The summed E-state index contributed by atoms with van der Waals surface area (Å²) in [4.78, 5) is 2.03. The zero-order valence-electron chi connectivity index (χ0n) is 12.9. The van der Waals surface area contributed by atoms with Crippen LogP contribution in [0.3, 0.4) is 0 Å². The van der Waals surface area contributed by atoms with Gasteiger partial charge in [-0.1, -0.05) is 0 Å². The van der Waals surface area contributed by atoms with Crippen LogP contribution in [0.5, 0.6) is 0 Å². The molecule has 2 rings (SSSR count). The Labute approximate surface area is 132 Å². The van der Waals surface area contributed by atoms with Crippen molar-refractivity contribution in [3.05, 3.63) is 35.1 Å². The van der Waals surface area contributed by atoms with Crippen LogP contribution < -0.4 is 0 Å². The van der Waals surface area contributed by atoms with Crippen molar-refractivity contribution in [2.45, 2.75) is 44.1 Å². The topological polar surface area (TPSA) is 43.7 Å². The molecule has 0 radical (unpaired) electrons. The summed E-state index contributed by atoms with van der Waals surface area (Å²) in [6, 6.07) is 2.24. The van der Waals surface area contributed by atoms with Gasteiger partial charge < -0.3 is 15.1 Å². The van der Waals surface area contributed by atoms with E-state index in [0.29, 0.717) is 32.1 Å². The average molecular weight is 335 g/mol. The van der Waals surface area contributed by atoms with Gasteiger partial charge in [0.1, 0.15) is 5.82 Å². The molecular weight excluding hydrogens is 314 g/mol. The lowest BCUT2D eigenvalue weighted by molar-refractivity contribution is -0.138. The van der Waals surface area contributed by atoms with Crippen LogP contribution in [0, 0.1) is 5.82 Å². The van der Waals surface area contributed by atoms with Crippen molar-refractivity contribution in [1.82, 2.24) is 4.90 Å². The zero-order valence-corrected chi connectivity index (χ0v) is 12.9. The monoisotopic (exact) mass is 335 g/mol. The van der Waals surface area contributed by atoms with Crippen LogP contribution in [-0.4, -0.2) is 40.9 Å². The molecule has 1 unspecified atom stereocenters. The van der Waals surface area contributed by atoms with Gasteiger partial charge in [0, 0.05) is 19.6 Å². The Hall–Kier alpha value is -1.18. The fourth-order valence-corrected chi connectivity index (χ4v) is 2.83. The number of piperidine rings is 1. The molecular formula is C16H21F4NO2. The lowest BCUT2D eigenvalue weighted by Crippen LogP contribution is -2.43. The van der Waals surface area contributed by atoms with Crippen molar-refractivity contribution in [2.75, 3.05) is 19.6 Å². The Balaban J connectivity index is 2.12. The summed E-state index contributed by atoms with van der Waals surface area (Å²) < 4.78 is 51.9. The highest BCUT2D eigenvalue weighted by molar-refractivity contribution is 5.31. The fourth-order valence-electron chi connectivity index (χ4n) is 2.83. The summed E-state index contributed by atoms with van der Waals surface area (Å²) in [5, 5.41) is 19.9. The van der Waals surface area contributed by atoms with Crippen molar-refractivity contribution in [1.29, 1.82) is 0 Å². The van der Waals surface area contributed by atoms with E-state index < -0.39 is 29.3 Å². The van der Waals surface area contributed by atoms with E-state index in [4.69, 9.17) is 0 Å². The van der Waals surface area contributed by atoms with Crippen molar-refractivity contribution in [3.8, 4) is 0 Å². The number of alkyl halides is 3. The predicted molar refractivity (Wildman–Crippen MR) is 77.3 cm³/mol.